The van der Waals surface area contributed by atoms with Crippen LogP contribution in [0.2, 0.25) is 0 Å². The van der Waals surface area contributed by atoms with Gasteiger partial charge in [-0.25, -0.2) is 4.39 Å². The predicted molar refractivity (Wildman–Crippen MR) is 115 cm³/mol. The number of guanidine groups is 1. The Hall–Kier alpha value is -2.96. The Morgan fingerprint density at radius 1 is 1.21 bits per heavy atom. The van der Waals surface area contributed by atoms with Gasteiger partial charge in [0.25, 0.3) is 0 Å². The van der Waals surface area contributed by atoms with E-state index in [1.165, 1.54) is 6.07 Å². The van der Waals surface area contributed by atoms with E-state index in [0.29, 0.717) is 12.5 Å². The minimum Gasteiger partial charge on any atom is -0.495 e. The van der Waals surface area contributed by atoms with Crippen LogP contribution in [0, 0.1) is 5.82 Å². The van der Waals surface area contributed by atoms with Crippen molar-refractivity contribution in [3.8, 4) is 11.5 Å². The molecule has 2 aromatic rings. The Morgan fingerprint density at radius 2 is 1.93 bits per heavy atom. The van der Waals surface area contributed by atoms with E-state index in [2.05, 4.69) is 26.6 Å². The molecule has 0 bridgehead atoms. The van der Waals surface area contributed by atoms with E-state index < -0.39 is 0 Å². The fourth-order valence-electron chi connectivity index (χ4n) is 3.42. The van der Waals surface area contributed by atoms with E-state index >= 15 is 0 Å². The second-order valence-corrected chi connectivity index (χ2v) is 7.06. The summed E-state index contributed by atoms with van der Waals surface area (Å²) in [5, 5.41) is 6.72. The van der Waals surface area contributed by atoms with Crippen LogP contribution in [0.3, 0.4) is 0 Å². The topological polar surface area (TPSA) is 58.1 Å². The molecule has 0 saturated carbocycles. The maximum absolute atomic E-state index is 13.7. The molecule has 0 aromatic heterocycles. The maximum Gasteiger partial charge on any atom is 0.191 e. The lowest BCUT2D eigenvalue weighted by Crippen LogP contribution is -2.47. The van der Waals surface area contributed by atoms with Crippen LogP contribution >= 0.6 is 0 Å². The first-order chi connectivity index (χ1) is 14.1. The highest BCUT2D eigenvalue weighted by Gasteiger charge is 2.25. The monoisotopic (exact) mass is 400 g/mol. The van der Waals surface area contributed by atoms with Crippen molar-refractivity contribution in [1.29, 1.82) is 0 Å². The summed E-state index contributed by atoms with van der Waals surface area (Å²) in [5.74, 6) is 1.49. The predicted octanol–water partition coefficient (Wildman–Crippen LogP) is 3.05. The Bertz CT molecular complexity index is 830. The summed E-state index contributed by atoms with van der Waals surface area (Å²) < 4.78 is 24.9. The number of nitrogens with one attached hydrogen (secondary N) is 2. The molecule has 0 aliphatic carbocycles. The van der Waals surface area contributed by atoms with Crippen molar-refractivity contribution >= 4 is 11.6 Å². The van der Waals surface area contributed by atoms with Gasteiger partial charge in [-0.15, -0.1) is 0 Å². The summed E-state index contributed by atoms with van der Waals surface area (Å²) in [6, 6.07) is 14.8. The summed E-state index contributed by atoms with van der Waals surface area (Å²) >= 11 is 0. The third kappa shape index (κ3) is 5.53. The first-order valence-electron chi connectivity index (χ1n) is 9.87. The lowest BCUT2D eigenvalue weighted by Gasteiger charge is -2.23. The Labute approximate surface area is 171 Å². The van der Waals surface area contributed by atoms with Gasteiger partial charge in [0.2, 0.25) is 0 Å². The molecule has 1 saturated heterocycles. The van der Waals surface area contributed by atoms with Gasteiger partial charge < -0.3 is 25.0 Å². The van der Waals surface area contributed by atoms with Crippen LogP contribution in [0.5, 0.6) is 11.5 Å². The third-order valence-corrected chi connectivity index (χ3v) is 4.90. The van der Waals surface area contributed by atoms with Crippen LogP contribution in [0.1, 0.15) is 13.3 Å². The second kappa shape index (κ2) is 10.0. The van der Waals surface area contributed by atoms with Gasteiger partial charge in [0.1, 0.15) is 11.9 Å². The van der Waals surface area contributed by atoms with Crippen LogP contribution in [-0.2, 0) is 0 Å². The molecule has 156 valence electrons. The van der Waals surface area contributed by atoms with Crippen LogP contribution < -0.4 is 25.0 Å². The zero-order valence-electron chi connectivity index (χ0n) is 17.2. The molecule has 0 radical (unpaired) electrons. The molecule has 2 unspecified atom stereocenters. The first-order valence-corrected chi connectivity index (χ1v) is 9.87. The van der Waals surface area contributed by atoms with Crippen LogP contribution in [0.4, 0.5) is 10.1 Å². The molecule has 1 fully saturated rings. The van der Waals surface area contributed by atoms with E-state index in [1.807, 2.05) is 25.1 Å². The molecule has 1 aliphatic rings. The standard InChI is InChI=1S/C22H29FN4O2/c1-16(29-20-10-6-4-8-18(20)23)14-25-22(24-2)26-17-12-13-27(15-17)19-9-5-7-11-21(19)28-3/h4-11,16-17H,12-15H2,1-3H3,(H2,24,25,26). The van der Waals surface area contributed by atoms with Crippen molar-refractivity contribution in [2.24, 2.45) is 4.99 Å². The van der Waals surface area contributed by atoms with Crippen molar-refractivity contribution in [2.45, 2.75) is 25.5 Å². The fourth-order valence-corrected chi connectivity index (χ4v) is 3.42. The second-order valence-electron chi connectivity index (χ2n) is 7.06. The van der Waals surface area contributed by atoms with Gasteiger partial charge in [0.15, 0.2) is 17.5 Å². The molecule has 0 spiro atoms. The van der Waals surface area contributed by atoms with Gasteiger partial charge in [-0.1, -0.05) is 24.3 Å². The maximum atomic E-state index is 13.7. The Balaban J connectivity index is 1.49. The summed E-state index contributed by atoms with van der Waals surface area (Å²) in [5.41, 5.74) is 1.11. The fraction of sp³-hybridized carbons (Fsp3) is 0.409. The lowest BCUT2D eigenvalue weighted by molar-refractivity contribution is 0.214. The van der Waals surface area contributed by atoms with Crippen molar-refractivity contribution in [1.82, 2.24) is 10.6 Å². The Kier molecular flexibility index (Phi) is 7.16. The molecule has 2 N–H and O–H groups in total. The lowest BCUT2D eigenvalue weighted by atomic mass is 10.2. The molecule has 1 aliphatic heterocycles. The van der Waals surface area contributed by atoms with E-state index in [-0.39, 0.29) is 23.7 Å². The van der Waals surface area contributed by atoms with Crippen molar-refractivity contribution < 1.29 is 13.9 Å². The van der Waals surface area contributed by atoms with Crippen LogP contribution in [-0.4, -0.2) is 51.9 Å². The van der Waals surface area contributed by atoms with Gasteiger partial charge in [-0.05, 0) is 37.6 Å². The molecule has 1 heterocycles. The average molecular weight is 400 g/mol. The summed E-state index contributed by atoms with van der Waals surface area (Å²) in [6.45, 7) is 4.22. The van der Waals surface area contributed by atoms with Gasteiger partial charge >= 0.3 is 0 Å². The van der Waals surface area contributed by atoms with Crippen molar-refractivity contribution in [2.75, 3.05) is 38.7 Å². The quantitative estimate of drug-likeness (QED) is 0.553. The summed E-state index contributed by atoms with van der Waals surface area (Å²) in [6.07, 6.45) is 0.791. The number of methoxy groups -OCH3 is 1. The number of anilines is 1. The molecule has 2 aromatic carbocycles. The molecular formula is C22H29FN4O2. The number of rotatable bonds is 7. The van der Waals surface area contributed by atoms with Gasteiger partial charge in [-0.2, -0.15) is 0 Å². The number of halogens is 1. The zero-order chi connectivity index (χ0) is 20.6. The van der Waals surface area contributed by atoms with E-state index in [4.69, 9.17) is 9.47 Å². The van der Waals surface area contributed by atoms with Crippen molar-refractivity contribution in [3.63, 3.8) is 0 Å². The minimum atomic E-state index is -0.357. The molecule has 29 heavy (non-hydrogen) atoms. The normalized spacial score (nSPS) is 17.7. The first kappa shape index (κ1) is 20.8. The number of benzene rings is 2. The average Bonchev–Trinajstić information content (AvgIpc) is 3.21. The SMILES string of the molecule is CN=C(NCC(C)Oc1ccccc1F)NC1CCN(c2ccccc2OC)C1. The van der Waals surface area contributed by atoms with Gasteiger partial charge in [0.05, 0.1) is 19.3 Å². The summed E-state index contributed by atoms with van der Waals surface area (Å²) in [4.78, 5) is 6.61. The summed E-state index contributed by atoms with van der Waals surface area (Å²) in [7, 11) is 3.44. The van der Waals surface area contributed by atoms with Gasteiger partial charge in [-0.3, -0.25) is 4.99 Å². The molecule has 6 nitrogen and oxygen atoms in total. The Morgan fingerprint density at radius 3 is 2.66 bits per heavy atom. The van der Waals surface area contributed by atoms with E-state index in [1.54, 1.807) is 32.4 Å². The number of hydrogen-bond acceptors (Lipinski definition) is 4. The molecular weight excluding hydrogens is 371 g/mol. The smallest absolute Gasteiger partial charge is 0.191 e. The molecule has 0 amide bonds. The minimum absolute atomic E-state index is 0.209. The van der Waals surface area contributed by atoms with Gasteiger partial charge in [0, 0.05) is 26.2 Å². The third-order valence-electron chi connectivity index (χ3n) is 4.90. The van der Waals surface area contributed by atoms with Crippen LogP contribution in [0.15, 0.2) is 53.5 Å². The number of ether oxygens (including phenoxy) is 2. The van der Waals surface area contributed by atoms with E-state index in [9.17, 15) is 4.39 Å². The van der Waals surface area contributed by atoms with E-state index in [0.717, 1.165) is 30.9 Å². The van der Waals surface area contributed by atoms with Crippen molar-refractivity contribution in [3.05, 3.63) is 54.3 Å². The highest BCUT2D eigenvalue weighted by atomic mass is 19.1. The number of aliphatic imine (C=N–C) groups is 1. The number of para-hydroxylation sites is 3. The number of hydrogen-bond donors (Lipinski definition) is 2. The molecule has 3 rings (SSSR count). The van der Waals surface area contributed by atoms with Crippen LogP contribution in [0.25, 0.3) is 0 Å². The zero-order valence-corrected chi connectivity index (χ0v) is 17.2. The largest absolute Gasteiger partial charge is 0.495 e. The molecule has 7 heteroatoms. The number of nitrogens with zero attached hydrogens (tertiary/aromatic N) is 2. The highest BCUT2D eigenvalue weighted by Crippen LogP contribution is 2.30. The highest BCUT2D eigenvalue weighted by molar-refractivity contribution is 5.80. The molecule has 2 atom stereocenters.